The molecule has 0 saturated carbocycles. The number of rotatable bonds is 5. The summed E-state index contributed by atoms with van der Waals surface area (Å²) in [4.78, 5) is 41.9. The van der Waals surface area contributed by atoms with Crippen molar-refractivity contribution in [3.8, 4) is 11.4 Å². The Balaban J connectivity index is 1.32. The van der Waals surface area contributed by atoms with Crippen LogP contribution in [0, 0.1) is 13.8 Å². The van der Waals surface area contributed by atoms with Crippen molar-refractivity contribution < 1.29 is 19.1 Å². The maximum absolute atomic E-state index is 13.1. The monoisotopic (exact) mass is 501 g/mol. The number of ether oxygens (including phenoxy) is 1. The molecule has 5 rings (SSSR count). The molecule has 8 heteroatoms. The first kappa shape index (κ1) is 23.9. The Hall–Kier alpha value is -3.78. The van der Waals surface area contributed by atoms with Crippen LogP contribution in [0.3, 0.4) is 0 Å². The number of amides is 3. The first-order valence-corrected chi connectivity index (χ1v) is 12.6. The first-order valence-electron chi connectivity index (χ1n) is 11.8. The fourth-order valence-electron chi connectivity index (χ4n) is 4.78. The van der Waals surface area contributed by atoms with Crippen LogP contribution in [0.5, 0.6) is 5.75 Å². The summed E-state index contributed by atoms with van der Waals surface area (Å²) in [6, 6.07) is 17.8. The molecule has 0 aliphatic carbocycles. The molecular weight excluding hydrogens is 474 g/mol. The summed E-state index contributed by atoms with van der Waals surface area (Å²) in [6.07, 6.45) is 2.52. The molecule has 1 saturated heterocycles. The van der Waals surface area contributed by atoms with Crippen molar-refractivity contribution in [2.45, 2.75) is 26.8 Å². The summed E-state index contributed by atoms with van der Waals surface area (Å²) in [5.74, 6) is 0.133. The molecule has 7 nitrogen and oxygen atoms in total. The topological polar surface area (TPSA) is 71.8 Å². The molecule has 0 bridgehead atoms. The molecular formula is C28H27N3O4S. The van der Waals surface area contributed by atoms with Gasteiger partial charge >= 0.3 is 0 Å². The van der Waals surface area contributed by atoms with E-state index in [-0.39, 0.29) is 12.5 Å². The second-order valence-corrected chi connectivity index (χ2v) is 9.95. The molecule has 3 heterocycles. The zero-order valence-corrected chi connectivity index (χ0v) is 21.3. The van der Waals surface area contributed by atoms with E-state index >= 15 is 0 Å². The van der Waals surface area contributed by atoms with Gasteiger partial charge in [0.1, 0.15) is 12.3 Å². The van der Waals surface area contributed by atoms with Gasteiger partial charge in [-0.25, -0.2) is 0 Å². The number of imide groups is 1. The van der Waals surface area contributed by atoms with Crippen molar-refractivity contribution in [2.24, 2.45) is 0 Å². The van der Waals surface area contributed by atoms with Gasteiger partial charge < -0.3 is 14.2 Å². The fourth-order valence-corrected chi connectivity index (χ4v) is 5.61. The third-order valence-corrected chi connectivity index (χ3v) is 7.65. The lowest BCUT2D eigenvalue weighted by molar-refractivity contribution is -0.136. The normalized spacial score (nSPS) is 16.6. The van der Waals surface area contributed by atoms with Gasteiger partial charge in [0.2, 0.25) is 5.91 Å². The number of fused-ring (bicyclic) bond motifs is 1. The average Bonchev–Trinajstić information content (AvgIpc) is 3.32. The predicted octanol–water partition coefficient (Wildman–Crippen LogP) is 4.72. The molecule has 0 spiro atoms. The first-order chi connectivity index (χ1) is 17.4. The Kier molecular flexibility index (Phi) is 6.45. The molecule has 1 fully saturated rings. The number of aromatic nitrogens is 1. The largest absolute Gasteiger partial charge is 0.497 e. The van der Waals surface area contributed by atoms with Crippen LogP contribution in [0.4, 0.5) is 4.79 Å². The van der Waals surface area contributed by atoms with Crippen molar-refractivity contribution in [2.75, 3.05) is 20.2 Å². The summed E-state index contributed by atoms with van der Waals surface area (Å²) >= 11 is 0.880. The fraction of sp³-hybridized carbons (Fsp3) is 0.250. The van der Waals surface area contributed by atoms with E-state index in [1.807, 2.05) is 62.4 Å². The van der Waals surface area contributed by atoms with Gasteiger partial charge in [0.15, 0.2) is 0 Å². The number of methoxy groups -OCH3 is 1. The molecule has 184 valence electrons. The number of carbonyl (C=O) groups excluding carboxylic acids is 3. The number of nitrogens with zero attached hydrogens (tertiary/aromatic N) is 3. The number of carbonyl (C=O) groups is 3. The molecule has 3 amide bonds. The van der Waals surface area contributed by atoms with Crippen LogP contribution >= 0.6 is 11.8 Å². The van der Waals surface area contributed by atoms with E-state index in [1.54, 1.807) is 18.1 Å². The van der Waals surface area contributed by atoms with Gasteiger partial charge in [-0.3, -0.25) is 19.3 Å². The molecule has 0 unspecified atom stereocenters. The minimum atomic E-state index is -0.426. The number of hydrogen-bond acceptors (Lipinski definition) is 5. The van der Waals surface area contributed by atoms with E-state index in [2.05, 4.69) is 10.6 Å². The van der Waals surface area contributed by atoms with Crippen LogP contribution in [0.15, 0.2) is 59.5 Å². The van der Waals surface area contributed by atoms with E-state index in [1.165, 1.54) is 5.56 Å². The Morgan fingerprint density at radius 2 is 1.78 bits per heavy atom. The highest BCUT2D eigenvalue weighted by molar-refractivity contribution is 8.18. The lowest BCUT2D eigenvalue weighted by Crippen LogP contribution is -2.44. The van der Waals surface area contributed by atoms with Gasteiger partial charge in [-0.05, 0) is 85.1 Å². The van der Waals surface area contributed by atoms with Crippen LogP contribution < -0.4 is 4.74 Å². The molecule has 2 aromatic carbocycles. The van der Waals surface area contributed by atoms with Crippen LogP contribution in [-0.2, 0) is 22.6 Å². The Labute approximate surface area is 214 Å². The molecule has 2 aliphatic rings. The zero-order valence-electron chi connectivity index (χ0n) is 20.5. The van der Waals surface area contributed by atoms with Gasteiger partial charge in [0, 0.05) is 30.2 Å². The molecule has 36 heavy (non-hydrogen) atoms. The SMILES string of the molecule is COc1ccc(-n2c(C)cc(/C=C3\SC(=O)N(CC(=O)N4CCc5ccccc5C4)C3=O)c2C)cc1. The Morgan fingerprint density at radius 3 is 2.50 bits per heavy atom. The summed E-state index contributed by atoms with van der Waals surface area (Å²) in [7, 11) is 1.63. The van der Waals surface area contributed by atoms with Crippen molar-refractivity contribution in [3.05, 3.63) is 87.6 Å². The van der Waals surface area contributed by atoms with E-state index in [9.17, 15) is 14.4 Å². The van der Waals surface area contributed by atoms with Crippen LogP contribution in [0.1, 0.15) is 28.1 Å². The van der Waals surface area contributed by atoms with Crippen molar-refractivity contribution in [1.82, 2.24) is 14.4 Å². The maximum Gasteiger partial charge on any atom is 0.294 e. The third-order valence-electron chi connectivity index (χ3n) is 6.74. The molecule has 0 atom stereocenters. The lowest BCUT2D eigenvalue weighted by Gasteiger charge is -2.29. The van der Waals surface area contributed by atoms with Crippen molar-refractivity contribution in [3.63, 3.8) is 0 Å². The number of thioether (sulfide) groups is 1. The summed E-state index contributed by atoms with van der Waals surface area (Å²) in [5, 5.41) is -0.416. The van der Waals surface area contributed by atoms with Crippen LogP contribution in [0.25, 0.3) is 11.8 Å². The van der Waals surface area contributed by atoms with Gasteiger partial charge in [0.05, 0.1) is 12.0 Å². The number of benzene rings is 2. The molecule has 0 radical (unpaired) electrons. The second-order valence-electron chi connectivity index (χ2n) is 8.96. The number of aryl methyl sites for hydroxylation is 1. The second kappa shape index (κ2) is 9.70. The van der Waals surface area contributed by atoms with Crippen molar-refractivity contribution >= 4 is 34.9 Å². The summed E-state index contributed by atoms with van der Waals surface area (Å²) in [5.41, 5.74) is 6.14. The van der Waals surface area contributed by atoms with E-state index in [4.69, 9.17) is 4.74 Å². The lowest BCUT2D eigenvalue weighted by atomic mass is 10.00. The standard InChI is InChI=1S/C28H27N3O4S/c1-18-14-22(19(2)31(18)23-8-10-24(35-3)11-9-23)15-25-27(33)30(28(34)36-25)17-26(32)29-13-12-20-6-4-5-7-21(20)16-29/h4-11,14-15H,12-13,16-17H2,1-3H3/b25-15-. The van der Waals surface area contributed by atoms with Crippen molar-refractivity contribution in [1.29, 1.82) is 0 Å². The third kappa shape index (κ3) is 4.44. The molecule has 1 aromatic heterocycles. The van der Waals surface area contributed by atoms with E-state index in [0.29, 0.717) is 18.0 Å². The highest BCUT2D eigenvalue weighted by atomic mass is 32.2. The predicted molar refractivity (Wildman–Crippen MR) is 140 cm³/mol. The average molecular weight is 502 g/mol. The quantitative estimate of drug-likeness (QED) is 0.473. The smallest absolute Gasteiger partial charge is 0.294 e. The van der Waals surface area contributed by atoms with E-state index < -0.39 is 11.1 Å². The minimum Gasteiger partial charge on any atom is -0.497 e. The van der Waals surface area contributed by atoms with Gasteiger partial charge in [-0.2, -0.15) is 0 Å². The Morgan fingerprint density at radius 1 is 1.06 bits per heavy atom. The summed E-state index contributed by atoms with van der Waals surface area (Å²) < 4.78 is 7.34. The zero-order chi connectivity index (χ0) is 25.4. The van der Waals surface area contributed by atoms with E-state index in [0.717, 1.165) is 57.0 Å². The summed E-state index contributed by atoms with van der Waals surface area (Å²) in [6.45, 7) is 4.81. The van der Waals surface area contributed by atoms with Crippen LogP contribution in [-0.4, -0.2) is 51.6 Å². The highest BCUT2D eigenvalue weighted by Gasteiger charge is 2.37. The minimum absolute atomic E-state index is 0.217. The number of hydrogen-bond donors (Lipinski definition) is 0. The molecule has 2 aliphatic heterocycles. The molecule has 0 N–H and O–H groups in total. The molecule has 3 aromatic rings. The van der Waals surface area contributed by atoms with Gasteiger partial charge in [0.25, 0.3) is 11.1 Å². The van der Waals surface area contributed by atoms with Crippen LogP contribution in [0.2, 0.25) is 0 Å². The van der Waals surface area contributed by atoms with Gasteiger partial charge in [-0.1, -0.05) is 24.3 Å². The highest BCUT2D eigenvalue weighted by Crippen LogP contribution is 2.34. The Bertz CT molecular complexity index is 1390. The maximum atomic E-state index is 13.1. The van der Waals surface area contributed by atoms with Gasteiger partial charge in [-0.15, -0.1) is 0 Å².